The van der Waals surface area contributed by atoms with Crippen LogP contribution in [0.3, 0.4) is 0 Å². The maximum absolute atomic E-state index is 12.4. The quantitative estimate of drug-likeness (QED) is 0.767. The first-order valence-electron chi connectivity index (χ1n) is 8.09. The highest BCUT2D eigenvalue weighted by atomic mass is 16.1. The Kier molecular flexibility index (Phi) is 4.56. The highest BCUT2D eigenvalue weighted by Crippen LogP contribution is 2.16. The van der Waals surface area contributed by atoms with Gasteiger partial charge < -0.3 is 16.0 Å². The van der Waals surface area contributed by atoms with E-state index in [2.05, 4.69) is 35.0 Å². The Morgan fingerprint density at radius 2 is 2.00 bits per heavy atom. The van der Waals surface area contributed by atoms with Gasteiger partial charge in [0.25, 0.3) is 5.91 Å². The van der Waals surface area contributed by atoms with E-state index in [1.165, 1.54) is 11.1 Å². The Balaban J connectivity index is 1.68. The molecule has 4 nitrogen and oxygen atoms in total. The van der Waals surface area contributed by atoms with Gasteiger partial charge in [-0.15, -0.1) is 0 Å². The monoisotopic (exact) mass is 287 g/mol. The number of nitrogens with one attached hydrogen (secondary N) is 3. The summed E-state index contributed by atoms with van der Waals surface area (Å²) in [5.41, 5.74) is 3.51. The Hall–Kier alpha value is -1.39. The van der Waals surface area contributed by atoms with Crippen molar-refractivity contribution in [2.24, 2.45) is 0 Å². The van der Waals surface area contributed by atoms with Crippen LogP contribution in [0.4, 0.5) is 0 Å². The first kappa shape index (κ1) is 14.5. The van der Waals surface area contributed by atoms with Crippen molar-refractivity contribution in [2.45, 2.75) is 44.7 Å². The number of rotatable bonds is 2. The summed E-state index contributed by atoms with van der Waals surface area (Å²) in [5.74, 6) is 0.0779. The average Bonchev–Trinajstić information content (AvgIpc) is 2.71. The van der Waals surface area contributed by atoms with Crippen molar-refractivity contribution >= 4 is 5.91 Å². The average molecular weight is 287 g/mol. The molecule has 1 fully saturated rings. The molecule has 114 valence electrons. The smallest absolute Gasteiger partial charge is 0.251 e. The highest BCUT2D eigenvalue weighted by Gasteiger charge is 2.21. The fraction of sp³-hybridized carbons (Fsp3) is 0.588. The molecule has 1 aromatic rings. The van der Waals surface area contributed by atoms with E-state index in [9.17, 15) is 4.79 Å². The SMILES string of the molecule is C[C@@H]1C[C@H](NC(=O)c2ccc3c(c2)CCNCC3)CCN1. The third-order valence-corrected chi connectivity index (χ3v) is 4.57. The second kappa shape index (κ2) is 6.58. The number of piperidine rings is 1. The lowest BCUT2D eigenvalue weighted by Crippen LogP contribution is -2.46. The van der Waals surface area contributed by atoms with Crippen LogP contribution in [0, 0.1) is 0 Å². The standard InChI is InChI=1S/C17H25N3O/c1-12-10-16(6-9-19-12)20-17(21)15-3-2-13-4-7-18-8-5-14(13)11-15/h2-3,11-12,16,18-19H,4-10H2,1H3,(H,20,21)/t12-,16-/m1/s1. The van der Waals surface area contributed by atoms with Crippen molar-refractivity contribution in [3.63, 3.8) is 0 Å². The Bertz CT molecular complexity index is 515. The Morgan fingerprint density at radius 3 is 2.81 bits per heavy atom. The zero-order valence-corrected chi connectivity index (χ0v) is 12.7. The van der Waals surface area contributed by atoms with Crippen LogP contribution in [0.1, 0.15) is 41.3 Å². The van der Waals surface area contributed by atoms with Crippen LogP contribution in [0.5, 0.6) is 0 Å². The number of carbonyl (C=O) groups excluding carboxylic acids is 1. The number of fused-ring (bicyclic) bond motifs is 1. The van der Waals surface area contributed by atoms with Crippen molar-refractivity contribution in [1.82, 2.24) is 16.0 Å². The third-order valence-electron chi connectivity index (χ3n) is 4.57. The lowest BCUT2D eigenvalue weighted by atomic mass is 9.98. The van der Waals surface area contributed by atoms with Gasteiger partial charge in [0.1, 0.15) is 0 Å². The van der Waals surface area contributed by atoms with Gasteiger partial charge in [-0.3, -0.25) is 4.79 Å². The topological polar surface area (TPSA) is 53.2 Å². The summed E-state index contributed by atoms with van der Waals surface area (Å²) >= 11 is 0. The Labute approximate surface area is 126 Å². The summed E-state index contributed by atoms with van der Waals surface area (Å²) in [6.07, 6.45) is 4.11. The summed E-state index contributed by atoms with van der Waals surface area (Å²) in [4.78, 5) is 12.4. The predicted octanol–water partition coefficient (Wildman–Crippen LogP) is 1.25. The molecule has 0 bridgehead atoms. The van der Waals surface area contributed by atoms with Gasteiger partial charge in [0.2, 0.25) is 0 Å². The minimum atomic E-state index is 0.0779. The van der Waals surface area contributed by atoms with Gasteiger partial charge in [0.05, 0.1) is 0 Å². The van der Waals surface area contributed by atoms with Crippen LogP contribution >= 0.6 is 0 Å². The largest absolute Gasteiger partial charge is 0.349 e. The maximum Gasteiger partial charge on any atom is 0.251 e. The molecule has 4 heteroatoms. The summed E-state index contributed by atoms with van der Waals surface area (Å²) < 4.78 is 0. The van der Waals surface area contributed by atoms with Crippen LogP contribution in [0.2, 0.25) is 0 Å². The zero-order chi connectivity index (χ0) is 14.7. The molecular weight excluding hydrogens is 262 g/mol. The fourth-order valence-corrected chi connectivity index (χ4v) is 3.35. The first-order valence-corrected chi connectivity index (χ1v) is 8.09. The molecule has 2 aliphatic heterocycles. The van der Waals surface area contributed by atoms with E-state index in [1.807, 2.05) is 6.07 Å². The molecule has 0 unspecified atom stereocenters. The molecule has 2 atom stereocenters. The zero-order valence-electron chi connectivity index (χ0n) is 12.7. The van der Waals surface area contributed by atoms with Crippen LogP contribution in [0.15, 0.2) is 18.2 Å². The van der Waals surface area contributed by atoms with E-state index in [4.69, 9.17) is 0 Å². The molecular formula is C17H25N3O. The lowest BCUT2D eigenvalue weighted by molar-refractivity contribution is 0.0925. The predicted molar refractivity (Wildman–Crippen MR) is 84.7 cm³/mol. The molecule has 0 spiro atoms. The molecule has 3 rings (SSSR count). The van der Waals surface area contributed by atoms with Gasteiger partial charge in [0, 0.05) is 17.6 Å². The molecule has 0 saturated carbocycles. The van der Waals surface area contributed by atoms with Gasteiger partial charge in [-0.2, -0.15) is 0 Å². The first-order chi connectivity index (χ1) is 10.2. The molecule has 0 aliphatic carbocycles. The van der Waals surface area contributed by atoms with E-state index in [-0.39, 0.29) is 5.91 Å². The van der Waals surface area contributed by atoms with E-state index in [0.29, 0.717) is 12.1 Å². The second-order valence-electron chi connectivity index (χ2n) is 6.28. The van der Waals surface area contributed by atoms with Crippen molar-refractivity contribution in [2.75, 3.05) is 19.6 Å². The highest BCUT2D eigenvalue weighted by molar-refractivity contribution is 5.94. The van der Waals surface area contributed by atoms with Crippen LogP contribution in [-0.4, -0.2) is 37.6 Å². The molecule has 2 aliphatic rings. The minimum Gasteiger partial charge on any atom is -0.349 e. The van der Waals surface area contributed by atoms with Gasteiger partial charge >= 0.3 is 0 Å². The number of carbonyl (C=O) groups is 1. The second-order valence-corrected chi connectivity index (χ2v) is 6.28. The fourth-order valence-electron chi connectivity index (χ4n) is 3.35. The van der Waals surface area contributed by atoms with E-state index in [1.54, 1.807) is 0 Å². The molecule has 0 aromatic heterocycles. The van der Waals surface area contributed by atoms with Crippen molar-refractivity contribution in [3.8, 4) is 0 Å². The minimum absolute atomic E-state index is 0.0779. The van der Waals surface area contributed by atoms with Gasteiger partial charge in [-0.05, 0) is 75.5 Å². The third kappa shape index (κ3) is 3.63. The molecule has 1 amide bonds. The number of hydrogen-bond donors (Lipinski definition) is 3. The molecule has 21 heavy (non-hydrogen) atoms. The van der Waals surface area contributed by atoms with Gasteiger partial charge in [0.15, 0.2) is 0 Å². The van der Waals surface area contributed by atoms with Crippen molar-refractivity contribution in [3.05, 3.63) is 34.9 Å². The summed E-state index contributed by atoms with van der Waals surface area (Å²) in [6, 6.07) is 6.98. The number of amides is 1. The molecule has 1 saturated heterocycles. The van der Waals surface area contributed by atoms with Crippen LogP contribution in [0.25, 0.3) is 0 Å². The van der Waals surface area contributed by atoms with Crippen molar-refractivity contribution in [1.29, 1.82) is 0 Å². The summed E-state index contributed by atoms with van der Waals surface area (Å²) in [7, 11) is 0. The van der Waals surface area contributed by atoms with Gasteiger partial charge in [-0.25, -0.2) is 0 Å². The van der Waals surface area contributed by atoms with E-state index in [0.717, 1.165) is 50.9 Å². The number of hydrogen-bond acceptors (Lipinski definition) is 3. The normalized spacial score (nSPS) is 25.8. The summed E-state index contributed by atoms with van der Waals surface area (Å²) in [5, 5.41) is 10.0. The lowest BCUT2D eigenvalue weighted by Gasteiger charge is -2.28. The van der Waals surface area contributed by atoms with E-state index >= 15 is 0 Å². The Morgan fingerprint density at radius 1 is 1.19 bits per heavy atom. The molecule has 2 heterocycles. The molecule has 0 radical (unpaired) electrons. The summed E-state index contributed by atoms with van der Waals surface area (Å²) in [6.45, 7) is 5.20. The molecule has 3 N–H and O–H groups in total. The van der Waals surface area contributed by atoms with Crippen molar-refractivity contribution < 1.29 is 4.79 Å². The van der Waals surface area contributed by atoms with Crippen LogP contribution < -0.4 is 16.0 Å². The van der Waals surface area contributed by atoms with E-state index < -0.39 is 0 Å². The van der Waals surface area contributed by atoms with Gasteiger partial charge in [-0.1, -0.05) is 6.07 Å². The molecule has 1 aromatic carbocycles. The maximum atomic E-state index is 12.4. The van der Waals surface area contributed by atoms with Crippen LogP contribution in [-0.2, 0) is 12.8 Å². The number of benzene rings is 1.